The summed E-state index contributed by atoms with van der Waals surface area (Å²) in [6.45, 7) is 6.21. The first-order valence-electron chi connectivity index (χ1n) is 8.02. The quantitative estimate of drug-likeness (QED) is 0.794. The van der Waals surface area contributed by atoms with E-state index < -0.39 is 0 Å². The van der Waals surface area contributed by atoms with Gasteiger partial charge in [-0.15, -0.1) is 0 Å². The minimum atomic E-state index is 0.000471. The van der Waals surface area contributed by atoms with E-state index in [0.29, 0.717) is 17.9 Å². The van der Waals surface area contributed by atoms with Crippen LogP contribution in [0.2, 0.25) is 5.02 Å². The number of hydrogen-bond acceptors (Lipinski definition) is 2. The van der Waals surface area contributed by atoms with Crippen LogP contribution in [0.1, 0.15) is 25.8 Å². The lowest BCUT2D eigenvalue weighted by molar-refractivity contribution is -0.116. The summed E-state index contributed by atoms with van der Waals surface area (Å²) in [4.78, 5) is 14.3. The highest BCUT2D eigenvalue weighted by molar-refractivity contribution is 6.31. The van der Waals surface area contributed by atoms with Gasteiger partial charge in [0.15, 0.2) is 0 Å². The average molecular weight is 331 g/mol. The molecule has 0 radical (unpaired) electrons. The number of rotatable bonds is 7. The van der Waals surface area contributed by atoms with Crippen molar-refractivity contribution in [3.05, 3.63) is 59.1 Å². The number of nitrogens with one attached hydrogen (secondary N) is 1. The van der Waals surface area contributed by atoms with Gasteiger partial charge in [-0.3, -0.25) is 4.79 Å². The topological polar surface area (TPSA) is 32.3 Å². The van der Waals surface area contributed by atoms with Crippen molar-refractivity contribution in [3.63, 3.8) is 0 Å². The van der Waals surface area contributed by atoms with Crippen LogP contribution in [0.3, 0.4) is 0 Å². The Bertz CT molecular complexity index is 636. The van der Waals surface area contributed by atoms with E-state index in [1.807, 2.05) is 48.5 Å². The van der Waals surface area contributed by atoms with Gasteiger partial charge in [-0.1, -0.05) is 29.8 Å². The smallest absolute Gasteiger partial charge is 0.224 e. The van der Waals surface area contributed by atoms with E-state index in [2.05, 4.69) is 24.1 Å². The van der Waals surface area contributed by atoms with Gasteiger partial charge in [0, 0.05) is 35.9 Å². The fourth-order valence-electron chi connectivity index (χ4n) is 2.52. The molecule has 0 saturated heterocycles. The van der Waals surface area contributed by atoms with E-state index in [0.717, 1.165) is 24.3 Å². The molecule has 0 saturated carbocycles. The second-order valence-electron chi connectivity index (χ2n) is 5.36. The molecule has 23 heavy (non-hydrogen) atoms. The number of carbonyl (C=O) groups is 1. The average Bonchev–Trinajstić information content (AvgIpc) is 2.57. The van der Waals surface area contributed by atoms with Gasteiger partial charge in [0.1, 0.15) is 0 Å². The third-order valence-corrected chi connectivity index (χ3v) is 4.23. The Morgan fingerprint density at radius 2 is 1.70 bits per heavy atom. The Morgan fingerprint density at radius 3 is 2.30 bits per heavy atom. The van der Waals surface area contributed by atoms with Crippen molar-refractivity contribution in [2.75, 3.05) is 23.3 Å². The summed E-state index contributed by atoms with van der Waals surface area (Å²) in [5, 5.41) is 3.65. The third-order valence-electron chi connectivity index (χ3n) is 3.86. The van der Waals surface area contributed by atoms with Crippen LogP contribution in [0.5, 0.6) is 0 Å². The van der Waals surface area contributed by atoms with Gasteiger partial charge in [-0.05, 0) is 56.2 Å². The fraction of sp³-hybridized carbons (Fsp3) is 0.316. The first-order chi connectivity index (χ1) is 11.1. The van der Waals surface area contributed by atoms with Gasteiger partial charge in [0.2, 0.25) is 5.91 Å². The third kappa shape index (κ3) is 5.00. The summed E-state index contributed by atoms with van der Waals surface area (Å²) >= 11 is 6.11. The van der Waals surface area contributed by atoms with E-state index in [1.54, 1.807) is 0 Å². The fourth-order valence-corrected chi connectivity index (χ4v) is 2.75. The number of aryl methyl sites for hydroxylation is 1. The molecule has 3 nitrogen and oxygen atoms in total. The SMILES string of the molecule is CCN(CC)c1ccc(NC(=O)CCc2ccccc2Cl)cc1. The summed E-state index contributed by atoms with van der Waals surface area (Å²) in [7, 11) is 0. The number of carbonyl (C=O) groups excluding carboxylic acids is 1. The number of halogens is 1. The maximum Gasteiger partial charge on any atom is 0.224 e. The highest BCUT2D eigenvalue weighted by Crippen LogP contribution is 2.19. The van der Waals surface area contributed by atoms with E-state index >= 15 is 0 Å². The maximum absolute atomic E-state index is 12.1. The van der Waals surface area contributed by atoms with Gasteiger partial charge < -0.3 is 10.2 Å². The molecule has 0 spiro atoms. The van der Waals surface area contributed by atoms with Crippen LogP contribution in [0.15, 0.2) is 48.5 Å². The van der Waals surface area contributed by atoms with Crippen LogP contribution >= 0.6 is 11.6 Å². The number of anilines is 2. The standard InChI is InChI=1S/C19H23ClN2O/c1-3-22(4-2)17-12-10-16(11-13-17)21-19(23)14-9-15-7-5-6-8-18(15)20/h5-8,10-13H,3-4,9,14H2,1-2H3,(H,21,23). The molecule has 0 aliphatic heterocycles. The summed E-state index contributed by atoms with van der Waals surface area (Å²) in [6.07, 6.45) is 1.06. The zero-order chi connectivity index (χ0) is 16.7. The van der Waals surface area contributed by atoms with E-state index in [-0.39, 0.29) is 5.91 Å². The molecule has 0 fully saturated rings. The maximum atomic E-state index is 12.1. The predicted molar refractivity (Wildman–Crippen MR) is 98.4 cm³/mol. The molecule has 2 aromatic rings. The van der Waals surface area contributed by atoms with Crippen molar-refractivity contribution in [1.82, 2.24) is 0 Å². The number of nitrogens with zero attached hydrogens (tertiary/aromatic N) is 1. The molecule has 0 aromatic heterocycles. The minimum Gasteiger partial charge on any atom is -0.372 e. The van der Waals surface area contributed by atoms with E-state index in [1.165, 1.54) is 5.69 Å². The van der Waals surface area contributed by atoms with E-state index in [9.17, 15) is 4.79 Å². The second kappa shape index (κ2) is 8.59. The van der Waals surface area contributed by atoms with Gasteiger partial charge in [-0.2, -0.15) is 0 Å². The van der Waals surface area contributed by atoms with Crippen molar-refractivity contribution in [2.24, 2.45) is 0 Å². The summed E-state index contributed by atoms with van der Waals surface area (Å²) in [6, 6.07) is 15.6. The van der Waals surface area contributed by atoms with Crippen LogP contribution in [-0.2, 0) is 11.2 Å². The summed E-state index contributed by atoms with van der Waals surface area (Å²) < 4.78 is 0. The van der Waals surface area contributed by atoms with Crippen LogP contribution < -0.4 is 10.2 Å². The zero-order valence-corrected chi connectivity index (χ0v) is 14.4. The molecule has 0 heterocycles. The summed E-state index contributed by atoms with van der Waals surface area (Å²) in [5.41, 5.74) is 3.00. The molecular formula is C19H23ClN2O. The number of hydrogen-bond donors (Lipinski definition) is 1. The Kier molecular flexibility index (Phi) is 6.48. The minimum absolute atomic E-state index is 0.000471. The number of amides is 1. The Hall–Kier alpha value is -2.00. The predicted octanol–water partition coefficient (Wildman–Crippen LogP) is 4.76. The molecule has 0 unspecified atom stereocenters. The van der Waals surface area contributed by atoms with Crippen LogP contribution in [0.25, 0.3) is 0 Å². The molecule has 1 amide bonds. The molecule has 0 aliphatic rings. The highest BCUT2D eigenvalue weighted by Gasteiger charge is 2.06. The van der Waals surface area contributed by atoms with E-state index in [4.69, 9.17) is 11.6 Å². The van der Waals surface area contributed by atoms with Crippen molar-refractivity contribution in [1.29, 1.82) is 0 Å². The Morgan fingerprint density at radius 1 is 1.04 bits per heavy atom. The lowest BCUT2D eigenvalue weighted by Crippen LogP contribution is -2.21. The molecule has 1 N–H and O–H groups in total. The molecular weight excluding hydrogens is 308 g/mol. The Balaban J connectivity index is 1.89. The first-order valence-corrected chi connectivity index (χ1v) is 8.40. The van der Waals surface area contributed by atoms with Gasteiger partial charge in [0.05, 0.1) is 0 Å². The molecule has 0 bridgehead atoms. The van der Waals surface area contributed by atoms with Crippen LogP contribution in [-0.4, -0.2) is 19.0 Å². The van der Waals surface area contributed by atoms with Crippen LogP contribution in [0, 0.1) is 0 Å². The molecule has 0 aliphatic carbocycles. The molecule has 0 atom stereocenters. The molecule has 4 heteroatoms. The molecule has 122 valence electrons. The van der Waals surface area contributed by atoms with Gasteiger partial charge >= 0.3 is 0 Å². The first kappa shape index (κ1) is 17.4. The largest absolute Gasteiger partial charge is 0.372 e. The van der Waals surface area contributed by atoms with Gasteiger partial charge in [-0.25, -0.2) is 0 Å². The Labute approximate surface area is 143 Å². The van der Waals surface area contributed by atoms with Crippen molar-refractivity contribution in [3.8, 4) is 0 Å². The normalized spacial score (nSPS) is 10.4. The van der Waals surface area contributed by atoms with Crippen molar-refractivity contribution >= 4 is 28.9 Å². The second-order valence-corrected chi connectivity index (χ2v) is 5.77. The number of benzene rings is 2. The lowest BCUT2D eigenvalue weighted by Gasteiger charge is -2.21. The molecule has 2 aromatic carbocycles. The van der Waals surface area contributed by atoms with Crippen molar-refractivity contribution < 1.29 is 4.79 Å². The lowest BCUT2D eigenvalue weighted by atomic mass is 10.1. The molecule has 2 rings (SSSR count). The summed E-state index contributed by atoms with van der Waals surface area (Å²) in [5.74, 6) is 0.000471. The zero-order valence-electron chi connectivity index (χ0n) is 13.7. The van der Waals surface area contributed by atoms with Gasteiger partial charge in [0.25, 0.3) is 0 Å². The monoisotopic (exact) mass is 330 g/mol. The van der Waals surface area contributed by atoms with Crippen molar-refractivity contribution in [2.45, 2.75) is 26.7 Å². The van der Waals surface area contributed by atoms with Crippen LogP contribution in [0.4, 0.5) is 11.4 Å². The highest BCUT2D eigenvalue weighted by atomic mass is 35.5.